The molecule has 2 aliphatic heterocycles. The van der Waals surface area contributed by atoms with E-state index in [9.17, 15) is 0 Å². The molecule has 4 heteroatoms. The van der Waals surface area contributed by atoms with Gasteiger partial charge in [0.05, 0.1) is 11.3 Å². The minimum Gasteiger partial charge on any atom is -0.328 e. The lowest BCUT2D eigenvalue weighted by molar-refractivity contribution is -1.02. The van der Waals surface area contributed by atoms with Crippen molar-refractivity contribution in [1.29, 1.82) is 0 Å². The molecule has 0 unspecified atom stereocenters. The molecule has 0 spiro atoms. The second-order valence-electron chi connectivity index (χ2n) is 6.20. The number of piperazine rings is 1. The second kappa shape index (κ2) is 5.76. The number of thiophene rings is 1. The Bertz CT molecular complexity index is 629. The average molecular weight is 319 g/mol. The van der Waals surface area contributed by atoms with Crippen LogP contribution in [0.2, 0.25) is 0 Å². The van der Waals surface area contributed by atoms with E-state index in [0.29, 0.717) is 6.04 Å². The maximum atomic E-state index is 2.37. The monoisotopic (exact) mass is 318 g/mol. The Labute approximate surface area is 134 Å². The molecule has 1 aromatic heterocycles. The number of hydrogen-bond acceptors (Lipinski definition) is 2. The second-order valence-corrected chi connectivity index (χ2v) is 8.36. The third-order valence-corrected chi connectivity index (χ3v) is 7.17. The minimum absolute atomic E-state index is 0.547. The largest absolute Gasteiger partial charge is 0.328 e. The van der Waals surface area contributed by atoms with Crippen molar-refractivity contribution in [2.45, 2.75) is 16.0 Å². The summed E-state index contributed by atoms with van der Waals surface area (Å²) in [5.41, 5.74) is 4.68. The maximum absolute atomic E-state index is 2.37. The lowest BCUT2D eigenvalue weighted by Gasteiger charge is -2.33. The van der Waals surface area contributed by atoms with Gasteiger partial charge >= 0.3 is 0 Å². The van der Waals surface area contributed by atoms with Gasteiger partial charge in [0.15, 0.2) is 0 Å². The van der Waals surface area contributed by atoms with Gasteiger partial charge in [0.2, 0.25) is 0 Å². The van der Waals surface area contributed by atoms with E-state index in [1.165, 1.54) is 36.0 Å². The Hall–Kier alpha value is -0.810. The fourth-order valence-corrected chi connectivity index (χ4v) is 5.80. The van der Waals surface area contributed by atoms with Crippen molar-refractivity contribution in [2.24, 2.45) is 0 Å². The van der Waals surface area contributed by atoms with Gasteiger partial charge in [-0.3, -0.25) is 0 Å². The molecule has 0 saturated carbocycles. The molecule has 0 radical (unpaired) electrons. The number of fused-ring (bicyclic) bond motifs is 2. The zero-order valence-electron chi connectivity index (χ0n) is 12.4. The highest BCUT2D eigenvalue weighted by molar-refractivity contribution is 8.00. The van der Waals surface area contributed by atoms with E-state index < -0.39 is 0 Å². The van der Waals surface area contributed by atoms with Crippen molar-refractivity contribution in [1.82, 2.24) is 0 Å². The molecule has 4 rings (SSSR count). The normalized spacial score (nSPS) is 28.5. The summed E-state index contributed by atoms with van der Waals surface area (Å²) in [7, 11) is 2.32. The highest BCUT2D eigenvalue weighted by atomic mass is 32.2. The Morgan fingerprint density at radius 3 is 2.67 bits per heavy atom. The zero-order chi connectivity index (χ0) is 14.2. The van der Waals surface area contributed by atoms with E-state index in [2.05, 4.69) is 42.8 Å². The van der Waals surface area contributed by atoms with Gasteiger partial charge in [-0.15, -0.1) is 23.1 Å². The SMILES string of the molecule is C[NH+]1CC[NH+]([C@H]2c3ccccc3CSc3sccc32)CC1. The van der Waals surface area contributed by atoms with Crippen molar-refractivity contribution in [2.75, 3.05) is 33.2 Å². The van der Waals surface area contributed by atoms with Gasteiger partial charge in [0, 0.05) is 16.9 Å². The van der Waals surface area contributed by atoms with Crippen LogP contribution in [0.25, 0.3) is 0 Å². The average Bonchev–Trinajstić information content (AvgIpc) is 2.91. The molecule has 110 valence electrons. The lowest BCUT2D eigenvalue weighted by atomic mass is 9.95. The molecule has 1 fully saturated rings. The summed E-state index contributed by atoms with van der Waals surface area (Å²) in [4.78, 5) is 3.44. The molecule has 0 aliphatic carbocycles. The van der Waals surface area contributed by atoms with Gasteiger partial charge in [0.25, 0.3) is 0 Å². The molecule has 2 N–H and O–H groups in total. The highest BCUT2D eigenvalue weighted by Crippen LogP contribution is 2.41. The number of hydrogen-bond donors (Lipinski definition) is 2. The third kappa shape index (κ3) is 2.55. The summed E-state index contributed by atoms with van der Waals surface area (Å²) in [6, 6.07) is 12.0. The fraction of sp³-hybridized carbons (Fsp3) is 0.412. The Morgan fingerprint density at radius 2 is 1.81 bits per heavy atom. The van der Waals surface area contributed by atoms with Crippen molar-refractivity contribution in [3.8, 4) is 0 Å². The van der Waals surface area contributed by atoms with Crippen LogP contribution in [0, 0.1) is 0 Å². The van der Waals surface area contributed by atoms with Crippen LogP contribution in [0.3, 0.4) is 0 Å². The quantitative estimate of drug-likeness (QED) is 0.793. The maximum Gasteiger partial charge on any atom is 0.141 e. The first-order valence-corrected chi connectivity index (χ1v) is 9.63. The molecule has 2 aromatic rings. The van der Waals surface area contributed by atoms with Crippen LogP contribution in [-0.2, 0) is 5.75 Å². The van der Waals surface area contributed by atoms with Gasteiger partial charge in [-0.2, -0.15) is 0 Å². The molecule has 0 bridgehead atoms. The Kier molecular flexibility index (Phi) is 3.79. The van der Waals surface area contributed by atoms with Crippen LogP contribution in [0.1, 0.15) is 22.7 Å². The molecular weight excluding hydrogens is 296 g/mol. The van der Waals surface area contributed by atoms with Crippen molar-refractivity contribution in [3.05, 3.63) is 52.4 Å². The summed E-state index contributed by atoms with van der Waals surface area (Å²) in [6.45, 7) is 5.15. The Balaban J connectivity index is 1.78. The molecular formula is C17H22N2S2+2. The number of nitrogens with one attached hydrogen (secondary N) is 2. The van der Waals surface area contributed by atoms with E-state index in [1.54, 1.807) is 20.9 Å². The zero-order valence-corrected chi connectivity index (χ0v) is 14.0. The molecule has 0 amide bonds. The van der Waals surface area contributed by atoms with Gasteiger partial charge in [-0.1, -0.05) is 24.3 Å². The van der Waals surface area contributed by atoms with Crippen molar-refractivity contribution in [3.63, 3.8) is 0 Å². The Morgan fingerprint density at radius 1 is 1.00 bits per heavy atom. The molecule has 1 aromatic carbocycles. The first kappa shape index (κ1) is 13.8. The number of rotatable bonds is 1. The molecule has 21 heavy (non-hydrogen) atoms. The number of likely N-dealkylation sites (N-methyl/N-ethyl adjacent to an activating group) is 1. The van der Waals surface area contributed by atoms with Gasteiger partial charge < -0.3 is 9.80 Å². The summed E-state index contributed by atoms with van der Waals surface area (Å²) in [5.74, 6) is 1.12. The summed E-state index contributed by atoms with van der Waals surface area (Å²) in [5, 5.41) is 2.28. The van der Waals surface area contributed by atoms with Crippen LogP contribution >= 0.6 is 23.1 Å². The predicted octanol–water partition coefficient (Wildman–Crippen LogP) is 0.856. The smallest absolute Gasteiger partial charge is 0.141 e. The minimum atomic E-state index is 0.547. The number of quaternary nitrogens is 2. The molecule has 2 nitrogen and oxygen atoms in total. The van der Waals surface area contributed by atoms with Crippen LogP contribution in [0.15, 0.2) is 39.9 Å². The first-order valence-electron chi connectivity index (χ1n) is 7.77. The van der Waals surface area contributed by atoms with E-state index in [-0.39, 0.29) is 0 Å². The fourth-order valence-electron chi connectivity index (χ4n) is 3.62. The van der Waals surface area contributed by atoms with E-state index in [0.717, 1.165) is 5.75 Å². The first-order chi connectivity index (χ1) is 10.3. The summed E-state index contributed by atoms with van der Waals surface area (Å²) < 4.78 is 1.54. The van der Waals surface area contributed by atoms with Crippen LogP contribution < -0.4 is 9.80 Å². The van der Waals surface area contributed by atoms with Gasteiger partial charge in [-0.25, -0.2) is 0 Å². The number of benzene rings is 1. The lowest BCUT2D eigenvalue weighted by Crippen LogP contribution is -3.27. The summed E-state index contributed by atoms with van der Waals surface area (Å²) in [6.07, 6.45) is 0. The van der Waals surface area contributed by atoms with Crippen molar-refractivity contribution < 1.29 is 9.80 Å². The van der Waals surface area contributed by atoms with Crippen LogP contribution in [0.4, 0.5) is 0 Å². The summed E-state index contributed by atoms with van der Waals surface area (Å²) >= 11 is 3.95. The third-order valence-electron chi connectivity index (χ3n) is 4.85. The molecule has 1 atom stereocenters. The van der Waals surface area contributed by atoms with Crippen LogP contribution in [-0.4, -0.2) is 33.2 Å². The van der Waals surface area contributed by atoms with E-state index >= 15 is 0 Å². The number of thioether (sulfide) groups is 1. The topological polar surface area (TPSA) is 8.88 Å². The molecule has 1 saturated heterocycles. The van der Waals surface area contributed by atoms with E-state index in [1.807, 2.05) is 23.1 Å². The van der Waals surface area contributed by atoms with Crippen molar-refractivity contribution >= 4 is 23.1 Å². The molecule has 2 aliphatic rings. The highest BCUT2D eigenvalue weighted by Gasteiger charge is 2.35. The predicted molar refractivity (Wildman–Crippen MR) is 89.5 cm³/mol. The van der Waals surface area contributed by atoms with E-state index in [4.69, 9.17) is 0 Å². The van der Waals surface area contributed by atoms with Gasteiger partial charge in [-0.05, 0) is 17.0 Å². The standard InChI is InChI=1S/C17H20N2S2/c1-18-7-9-19(10-8-18)16-14-5-3-2-4-13(14)12-21-17-15(16)6-11-20-17/h2-6,11,16H,7-10,12H2,1H3/p+2/t16-/m0/s1. The molecule has 3 heterocycles. The van der Waals surface area contributed by atoms with Gasteiger partial charge in [0.1, 0.15) is 32.2 Å². The van der Waals surface area contributed by atoms with Crippen LogP contribution in [0.5, 0.6) is 0 Å².